The van der Waals surface area contributed by atoms with Gasteiger partial charge in [0.1, 0.15) is 0 Å². The van der Waals surface area contributed by atoms with Crippen molar-refractivity contribution in [3.63, 3.8) is 0 Å². The van der Waals surface area contributed by atoms with E-state index in [1.54, 1.807) is 7.11 Å². The van der Waals surface area contributed by atoms with E-state index < -0.39 is 17.9 Å². The first kappa shape index (κ1) is 17.2. The molecule has 8 atom stereocenters. The number of methoxy groups -OCH3 is 1. The predicted octanol–water partition coefficient (Wildman–Crippen LogP) is 3.51. The highest BCUT2D eigenvalue weighted by Gasteiger charge is 2.79. The Bertz CT molecular complexity index is 432. The van der Waals surface area contributed by atoms with Crippen LogP contribution in [0.4, 0.5) is 0 Å². The van der Waals surface area contributed by atoms with Gasteiger partial charge in [-0.2, -0.15) is 0 Å². The first-order valence-corrected chi connectivity index (χ1v) is 9.53. The van der Waals surface area contributed by atoms with Gasteiger partial charge < -0.3 is 18.9 Å². The van der Waals surface area contributed by atoms with Gasteiger partial charge in [0.05, 0.1) is 0 Å². The lowest BCUT2D eigenvalue weighted by Crippen LogP contribution is -2.41. The minimum absolute atomic E-state index is 0.145. The van der Waals surface area contributed by atoms with Crippen molar-refractivity contribution in [2.45, 2.75) is 82.9 Å². The van der Waals surface area contributed by atoms with Crippen LogP contribution < -0.4 is 0 Å². The van der Waals surface area contributed by atoms with E-state index in [2.05, 4.69) is 18.7 Å². The molecule has 3 heterocycles. The molecule has 0 aromatic rings. The van der Waals surface area contributed by atoms with Crippen LogP contribution in [-0.4, -0.2) is 36.5 Å². The average Bonchev–Trinajstić information content (AvgIpc) is 3.27. The van der Waals surface area contributed by atoms with Gasteiger partial charge in [0.2, 0.25) is 0 Å². The molecule has 1 N–H and O–H groups in total. The van der Waals surface area contributed by atoms with Crippen molar-refractivity contribution < 1.29 is 29.1 Å². The van der Waals surface area contributed by atoms with Gasteiger partial charge in [-0.05, 0) is 19.3 Å². The van der Waals surface area contributed by atoms with Gasteiger partial charge in [-0.15, -0.1) is 0 Å². The Hall–Kier alpha value is -0.240. The summed E-state index contributed by atoms with van der Waals surface area (Å²) in [6.45, 7) is 4.35. The molecule has 4 rings (SSSR count). The molecule has 6 nitrogen and oxygen atoms in total. The van der Waals surface area contributed by atoms with Crippen molar-refractivity contribution in [2.24, 2.45) is 23.7 Å². The molecule has 0 amide bonds. The molecular weight excluding hydrogens is 312 g/mol. The van der Waals surface area contributed by atoms with E-state index in [0.717, 1.165) is 44.9 Å². The summed E-state index contributed by atoms with van der Waals surface area (Å²) in [5.74, 6) is -0.382. The second-order valence-corrected chi connectivity index (χ2v) is 7.86. The van der Waals surface area contributed by atoms with Crippen LogP contribution in [0.25, 0.3) is 0 Å². The Labute approximate surface area is 143 Å². The van der Waals surface area contributed by atoms with Gasteiger partial charge in [0.15, 0.2) is 24.2 Å². The smallest absolute Gasteiger partial charge is 0.197 e. The van der Waals surface area contributed by atoms with E-state index in [9.17, 15) is 5.26 Å². The van der Waals surface area contributed by atoms with Crippen molar-refractivity contribution in [1.82, 2.24) is 0 Å². The van der Waals surface area contributed by atoms with Crippen LogP contribution in [0, 0.1) is 23.7 Å². The minimum Gasteiger partial charge on any atom is -0.355 e. The van der Waals surface area contributed by atoms with Crippen LogP contribution in [0.15, 0.2) is 0 Å². The van der Waals surface area contributed by atoms with Crippen molar-refractivity contribution in [1.29, 1.82) is 0 Å². The van der Waals surface area contributed by atoms with Gasteiger partial charge in [-0.3, -0.25) is 0 Å². The lowest BCUT2D eigenvalue weighted by Gasteiger charge is -2.34. The quantitative estimate of drug-likeness (QED) is 0.538. The van der Waals surface area contributed by atoms with Gasteiger partial charge >= 0.3 is 0 Å². The molecule has 0 aromatic heterocycles. The summed E-state index contributed by atoms with van der Waals surface area (Å²) < 4.78 is 24.8. The summed E-state index contributed by atoms with van der Waals surface area (Å²) >= 11 is 0. The number of hydrogen-bond acceptors (Lipinski definition) is 6. The van der Waals surface area contributed by atoms with Crippen molar-refractivity contribution in [3.8, 4) is 0 Å². The SMILES string of the molecule is CCCC[C@]12O[C@@H](OO)[C@@H]3C[C@@H]4[C@@H](OC)O[C@](CCCC)(O1)[C@@H]4[C@@H]32. The zero-order valence-corrected chi connectivity index (χ0v) is 14.9. The largest absolute Gasteiger partial charge is 0.355 e. The third-order valence-electron chi connectivity index (χ3n) is 6.64. The molecular formula is C18H30O6. The third-order valence-corrected chi connectivity index (χ3v) is 6.64. The highest BCUT2D eigenvalue weighted by molar-refractivity contribution is 5.16. The van der Waals surface area contributed by atoms with Crippen LogP contribution in [-0.2, 0) is 23.8 Å². The van der Waals surface area contributed by atoms with Crippen molar-refractivity contribution >= 4 is 0 Å². The fourth-order valence-electron chi connectivity index (χ4n) is 5.82. The van der Waals surface area contributed by atoms with E-state index >= 15 is 0 Å². The molecule has 6 heteroatoms. The molecule has 0 spiro atoms. The number of ether oxygens (including phenoxy) is 4. The van der Waals surface area contributed by atoms with Crippen molar-refractivity contribution in [3.05, 3.63) is 0 Å². The zero-order valence-electron chi connectivity index (χ0n) is 14.9. The van der Waals surface area contributed by atoms with Gasteiger partial charge in [0, 0.05) is 43.6 Å². The number of rotatable bonds is 8. The second kappa shape index (κ2) is 6.18. The van der Waals surface area contributed by atoms with Gasteiger partial charge in [0.25, 0.3) is 0 Å². The van der Waals surface area contributed by atoms with Crippen LogP contribution in [0.2, 0.25) is 0 Å². The van der Waals surface area contributed by atoms with E-state index in [-0.39, 0.29) is 30.0 Å². The highest BCUT2D eigenvalue weighted by Crippen LogP contribution is 2.71. The lowest BCUT2D eigenvalue weighted by atomic mass is 9.79. The van der Waals surface area contributed by atoms with Crippen LogP contribution >= 0.6 is 0 Å². The van der Waals surface area contributed by atoms with E-state index in [0.29, 0.717) is 0 Å². The zero-order chi connectivity index (χ0) is 16.9. The number of unbranched alkanes of at least 4 members (excludes halogenated alkanes) is 2. The van der Waals surface area contributed by atoms with Crippen LogP contribution in [0.5, 0.6) is 0 Å². The fraction of sp³-hybridized carbons (Fsp3) is 1.00. The maximum absolute atomic E-state index is 9.34. The maximum Gasteiger partial charge on any atom is 0.197 e. The monoisotopic (exact) mass is 342 g/mol. The van der Waals surface area contributed by atoms with E-state index in [4.69, 9.17) is 18.9 Å². The average molecular weight is 342 g/mol. The Morgan fingerprint density at radius 3 is 2.00 bits per heavy atom. The summed E-state index contributed by atoms with van der Waals surface area (Å²) in [4.78, 5) is 4.69. The lowest BCUT2D eigenvalue weighted by molar-refractivity contribution is -0.406. The third kappa shape index (κ3) is 2.17. The molecule has 4 fully saturated rings. The molecule has 1 aliphatic carbocycles. The summed E-state index contributed by atoms with van der Waals surface area (Å²) in [5, 5.41) is 9.34. The molecule has 0 unspecified atom stereocenters. The Kier molecular flexibility index (Phi) is 4.43. The molecule has 138 valence electrons. The first-order valence-electron chi connectivity index (χ1n) is 9.53. The Morgan fingerprint density at radius 2 is 1.50 bits per heavy atom. The molecule has 4 aliphatic rings. The number of hydrogen-bond donors (Lipinski definition) is 1. The first-order chi connectivity index (χ1) is 11.6. The summed E-state index contributed by atoms with van der Waals surface area (Å²) in [6, 6.07) is 0. The second-order valence-electron chi connectivity index (χ2n) is 7.86. The molecule has 0 aromatic carbocycles. The predicted molar refractivity (Wildman–Crippen MR) is 84.6 cm³/mol. The van der Waals surface area contributed by atoms with Crippen LogP contribution in [0.1, 0.15) is 58.8 Å². The molecule has 0 radical (unpaired) electrons. The Balaban J connectivity index is 1.69. The molecule has 24 heavy (non-hydrogen) atoms. The molecule has 0 bridgehead atoms. The van der Waals surface area contributed by atoms with Crippen LogP contribution in [0.3, 0.4) is 0 Å². The Morgan fingerprint density at radius 1 is 0.958 bits per heavy atom. The maximum atomic E-state index is 9.34. The fourth-order valence-corrected chi connectivity index (χ4v) is 5.82. The summed E-state index contributed by atoms with van der Waals surface area (Å²) in [5.41, 5.74) is 0. The molecule has 1 saturated carbocycles. The van der Waals surface area contributed by atoms with E-state index in [1.807, 2.05) is 0 Å². The van der Waals surface area contributed by atoms with E-state index in [1.165, 1.54) is 0 Å². The summed E-state index contributed by atoms with van der Waals surface area (Å²) in [7, 11) is 1.70. The van der Waals surface area contributed by atoms with Crippen molar-refractivity contribution in [2.75, 3.05) is 7.11 Å². The highest BCUT2D eigenvalue weighted by atomic mass is 17.1. The molecule has 3 saturated heterocycles. The molecule has 3 aliphatic heterocycles. The standard InChI is InChI=1S/C18H30O6/c1-4-6-8-17-13-11(15(20-3)21-17)10-12-14(13)18(24-17,9-7-5-2)22-16(12)23-19/h11-16,19H,4-10H2,1-3H3/t11-,12+,13-,14+,15-,16-,17+,18-/m0/s1. The minimum atomic E-state index is -0.681. The topological polar surface area (TPSA) is 66.4 Å². The van der Waals surface area contributed by atoms with Gasteiger partial charge in [-0.25, -0.2) is 10.1 Å². The van der Waals surface area contributed by atoms with Gasteiger partial charge in [-0.1, -0.05) is 26.7 Å². The normalized spacial score (nSPS) is 51.5. The summed E-state index contributed by atoms with van der Waals surface area (Å²) in [6.07, 6.45) is 6.01.